The van der Waals surface area contributed by atoms with E-state index in [4.69, 9.17) is 14.9 Å². The van der Waals surface area contributed by atoms with Crippen LogP contribution in [0.2, 0.25) is 0 Å². The van der Waals surface area contributed by atoms with Gasteiger partial charge in [-0.3, -0.25) is 4.79 Å². The number of fused-ring (bicyclic) bond motifs is 3. The van der Waals surface area contributed by atoms with Gasteiger partial charge in [0.25, 0.3) is 5.91 Å². The van der Waals surface area contributed by atoms with Crippen molar-refractivity contribution in [1.29, 1.82) is 0 Å². The van der Waals surface area contributed by atoms with Crippen LogP contribution in [-0.4, -0.2) is 66.5 Å². The molecule has 0 aliphatic carbocycles. The van der Waals surface area contributed by atoms with E-state index in [0.717, 1.165) is 12.0 Å². The molecule has 0 radical (unpaired) electrons. The average molecular weight is 473 g/mol. The number of anilines is 1. The van der Waals surface area contributed by atoms with Crippen molar-refractivity contribution in [3.63, 3.8) is 0 Å². The molecule has 11 heteroatoms. The second kappa shape index (κ2) is 7.91. The topological polar surface area (TPSA) is 130 Å². The van der Waals surface area contributed by atoms with Crippen LogP contribution >= 0.6 is 0 Å². The molecule has 1 aliphatic rings. The zero-order chi connectivity index (χ0) is 24.2. The minimum Gasteiger partial charge on any atom is -0.461 e. The van der Waals surface area contributed by atoms with E-state index in [0.29, 0.717) is 41.4 Å². The Balaban J connectivity index is 1.54. The highest BCUT2D eigenvalue weighted by atomic mass is 16.5. The average Bonchev–Trinajstić information content (AvgIpc) is 3.68. The summed E-state index contributed by atoms with van der Waals surface area (Å²) in [6, 6.07) is 13.1. The molecule has 0 spiro atoms. The Morgan fingerprint density at radius 1 is 1.17 bits per heavy atom. The summed E-state index contributed by atoms with van der Waals surface area (Å²) in [5.74, 6) is 0.933. The molecule has 0 saturated carbocycles. The number of aromatic nitrogens is 6. The summed E-state index contributed by atoms with van der Waals surface area (Å²) in [4.78, 5) is 25.1. The van der Waals surface area contributed by atoms with E-state index in [1.165, 1.54) is 4.52 Å². The molecule has 1 saturated heterocycles. The molecule has 1 aliphatic heterocycles. The van der Waals surface area contributed by atoms with Crippen LogP contribution in [0.3, 0.4) is 0 Å². The first kappa shape index (κ1) is 21.3. The Hall–Kier alpha value is -4.25. The van der Waals surface area contributed by atoms with Crippen molar-refractivity contribution in [1.82, 2.24) is 34.3 Å². The normalized spacial score (nSPS) is 17.9. The van der Waals surface area contributed by atoms with Crippen LogP contribution in [0.4, 0.5) is 5.95 Å². The summed E-state index contributed by atoms with van der Waals surface area (Å²) < 4.78 is 14.0. The van der Waals surface area contributed by atoms with Crippen LogP contribution in [0.1, 0.15) is 18.9 Å². The number of hydrogen-bond donors (Lipinski definition) is 1. The van der Waals surface area contributed by atoms with Crippen molar-refractivity contribution in [2.45, 2.75) is 25.0 Å². The van der Waals surface area contributed by atoms with E-state index >= 15 is 0 Å². The summed E-state index contributed by atoms with van der Waals surface area (Å²) in [6.45, 7) is 2.99. The molecule has 2 N–H and O–H groups in total. The number of carbonyl (C=O) groups is 1. The maximum Gasteiger partial charge on any atom is 0.255 e. The number of rotatable bonds is 5. The number of methoxy groups -OCH3 is 1. The highest BCUT2D eigenvalue weighted by Gasteiger charge is 2.44. The Kier molecular flexibility index (Phi) is 4.81. The number of carbonyl (C=O) groups excluding carboxylic acids is 1. The second-order valence-corrected chi connectivity index (χ2v) is 8.75. The Morgan fingerprint density at radius 3 is 2.71 bits per heavy atom. The van der Waals surface area contributed by atoms with Crippen LogP contribution in [0.5, 0.6) is 0 Å². The lowest BCUT2D eigenvalue weighted by atomic mass is 9.90. The minimum atomic E-state index is -1.17. The maximum absolute atomic E-state index is 14.1. The third-order valence-electron chi connectivity index (χ3n) is 6.71. The zero-order valence-electron chi connectivity index (χ0n) is 19.3. The van der Waals surface area contributed by atoms with Gasteiger partial charge in [-0.2, -0.15) is 14.6 Å². The number of nitrogens with zero attached hydrogens (tertiary/aromatic N) is 7. The van der Waals surface area contributed by atoms with Crippen molar-refractivity contribution in [2.24, 2.45) is 0 Å². The first-order valence-corrected chi connectivity index (χ1v) is 11.3. The van der Waals surface area contributed by atoms with E-state index in [9.17, 15) is 4.79 Å². The fraction of sp³-hybridized carbons (Fsp3) is 0.292. The third kappa shape index (κ3) is 3.19. The van der Waals surface area contributed by atoms with Crippen LogP contribution in [-0.2, 0) is 15.1 Å². The second-order valence-electron chi connectivity index (χ2n) is 8.75. The van der Waals surface area contributed by atoms with Gasteiger partial charge in [-0.25, -0.2) is 9.67 Å². The van der Waals surface area contributed by atoms with Crippen molar-refractivity contribution >= 4 is 28.5 Å². The number of nitrogen functional groups attached to an aromatic ring is 1. The molecule has 178 valence electrons. The molecule has 5 aromatic rings. The number of ether oxygens (including phenoxy) is 1. The van der Waals surface area contributed by atoms with Gasteiger partial charge in [-0.15, -0.1) is 5.10 Å². The van der Waals surface area contributed by atoms with Gasteiger partial charge in [0, 0.05) is 20.2 Å². The Morgan fingerprint density at radius 2 is 2.00 bits per heavy atom. The van der Waals surface area contributed by atoms with E-state index in [2.05, 4.69) is 20.2 Å². The zero-order valence-corrected chi connectivity index (χ0v) is 19.3. The maximum atomic E-state index is 14.1. The predicted molar refractivity (Wildman–Crippen MR) is 127 cm³/mol. The lowest BCUT2D eigenvalue weighted by molar-refractivity contribution is -0.137. The number of likely N-dealkylation sites (tertiary alicyclic amines) is 1. The van der Waals surface area contributed by atoms with Gasteiger partial charge in [-0.1, -0.05) is 30.3 Å². The SMILES string of the molecule is CO[C@@H]1CCN(C(=O)C(C)(c2ccccc2)n2ncc3c2nc(N)n2nc(-c4ccco4)nc32)C1. The fourth-order valence-corrected chi connectivity index (χ4v) is 4.76. The van der Waals surface area contributed by atoms with E-state index in [1.807, 2.05) is 42.2 Å². The highest BCUT2D eigenvalue weighted by Crippen LogP contribution is 2.34. The number of benzene rings is 1. The van der Waals surface area contributed by atoms with Gasteiger partial charge < -0.3 is 19.8 Å². The minimum absolute atomic E-state index is 0.0118. The van der Waals surface area contributed by atoms with E-state index < -0.39 is 5.54 Å². The van der Waals surface area contributed by atoms with E-state index in [1.54, 1.807) is 36.4 Å². The summed E-state index contributed by atoms with van der Waals surface area (Å²) in [5, 5.41) is 9.72. The third-order valence-corrected chi connectivity index (χ3v) is 6.71. The van der Waals surface area contributed by atoms with Gasteiger partial charge in [0.1, 0.15) is 0 Å². The standard InChI is InChI=1S/C24H24N8O3/c1-24(15-7-4-3-5-8-15,22(33)30-11-10-16(14-30)34-2)32-21-17(13-26-32)20-27-19(18-9-6-12-35-18)29-31(20)23(25)28-21/h3-9,12-13,16H,10-11,14H2,1-2H3,(H2,25,28)/t16-,24?/m1/s1. The van der Waals surface area contributed by atoms with Crippen molar-refractivity contribution in [3.05, 3.63) is 60.5 Å². The molecule has 1 unspecified atom stereocenters. The van der Waals surface area contributed by atoms with Crippen molar-refractivity contribution < 1.29 is 13.9 Å². The van der Waals surface area contributed by atoms with Gasteiger partial charge >= 0.3 is 0 Å². The number of hydrogen-bond acceptors (Lipinski definition) is 8. The molecule has 2 atom stereocenters. The van der Waals surface area contributed by atoms with E-state index in [-0.39, 0.29) is 18.0 Å². The molecule has 6 rings (SSSR count). The summed E-state index contributed by atoms with van der Waals surface area (Å²) in [5.41, 5.74) is 6.83. The molecule has 1 aromatic carbocycles. The number of nitrogens with two attached hydrogens (primary N) is 1. The molecule has 0 bridgehead atoms. The fourth-order valence-electron chi connectivity index (χ4n) is 4.76. The van der Waals surface area contributed by atoms with Crippen LogP contribution in [0, 0.1) is 0 Å². The molecule has 11 nitrogen and oxygen atoms in total. The van der Waals surface area contributed by atoms with Crippen molar-refractivity contribution in [3.8, 4) is 11.6 Å². The number of furan rings is 1. The lowest BCUT2D eigenvalue weighted by Crippen LogP contribution is -2.49. The smallest absolute Gasteiger partial charge is 0.255 e. The molecule has 35 heavy (non-hydrogen) atoms. The first-order valence-electron chi connectivity index (χ1n) is 11.3. The van der Waals surface area contributed by atoms with Crippen LogP contribution < -0.4 is 5.73 Å². The highest BCUT2D eigenvalue weighted by molar-refractivity contribution is 5.94. The molecule has 5 heterocycles. The first-order chi connectivity index (χ1) is 17.0. The predicted octanol–water partition coefficient (Wildman–Crippen LogP) is 2.33. The molecular formula is C24H24N8O3. The Labute approximate surface area is 200 Å². The van der Waals surface area contributed by atoms with Gasteiger partial charge in [0.2, 0.25) is 11.8 Å². The molecule has 1 fully saturated rings. The number of amides is 1. The summed E-state index contributed by atoms with van der Waals surface area (Å²) in [6.07, 6.45) is 4.00. The Bertz CT molecular complexity index is 1520. The quantitative estimate of drug-likeness (QED) is 0.413. The lowest BCUT2D eigenvalue weighted by Gasteiger charge is -2.33. The molecule has 4 aromatic heterocycles. The largest absolute Gasteiger partial charge is 0.461 e. The van der Waals surface area contributed by atoms with Crippen LogP contribution in [0.15, 0.2) is 59.3 Å². The van der Waals surface area contributed by atoms with Gasteiger partial charge in [0.05, 0.1) is 24.0 Å². The monoisotopic (exact) mass is 472 g/mol. The summed E-state index contributed by atoms with van der Waals surface area (Å²) >= 11 is 0. The van der Waals surface area contributed by atoms with Gasteiger partial charge in [0.15, 0.2) is 22.6 Å². The molecular weight excluding hydrogens is 448 g/mol. The molecule has 1 amide bonds. The van der Waals surface area contributed by atoms with Gasteiger partial charge in [-0.05, 0) is 31.0 Å². The summed E-state index contributed by atoms with van der Waals surface area (Å²) in [7, 11) is 1.67. The van der Waals surface area contributed by atoms with Crippen molar-refractivity contribution in [2.75, 3.05) is 25.9 Å². The van der Waals surface area contributed by atoms with Crippen LogP contribution in [0.25, 0.3) is 28.3 Å².